The summed E-state index contributed by atoms with van der Waals surface area (Å²) in [5, 5.41) is 10.6. The molecule has 0 aliphatic carbocycles. The molecule has 22 heavy (non-hydrogen) atoms. The molecule has 1 heterocycles. The Bertz CT molecular complexity index is 653. The minimum Gasteiger partial charge on any atom is -0.437 e. The molecule has 4 N–H and O–H groups in total. The molecule has 0 atom stereocenters. The Morgan fingerprint density at radius 1 is 1.36 bits per heavy atom. The first kappa shape index (κ1) is 16.5. The van der Waals surface area contributed by atoms with Gasteiger partial charge in [0, 0.05) is 34.3 Å². The van der Waals surface area contributed by atoms with Crippen molar-refractivity contribution >= 4 is 29.2 Å². The van der Waals surface area contributed by atoms with Crippen LogP contribution in [0.15, 0.2) is 18.2 Å². The zero-order chi connectivity index (χ0) is 16.1. The topological polar surface area (TPSA) is 93.0 Å². The maximum atomic E-state index is 10.7. The molecule has 0 saturated carbocycles. The van der Waals surface area contributed by atoms with E-state index < -0.39 is 6.03 Å². The van der Waals surface area contributed by atoms with Crippen molar-refractivity contribution in [1.82, 2.24) is 15.5 Å². The monoisotopic (exact) mass is 342 g/mol. The molecule has 1 aromatic carbocycles. The fourth-order valence-corrected chi connectivity index (χ4v) is 2.55. The summed E-state index contributed by atoms with van der Waals surface area (Å²) >= 11 is 11.9. The summed E-state index contributed by atoms with van der Waals surface area (Å²) in [6.45, 7) is 2.42. The van der Waals surface area contributed by atoms with Crippen LogP contribution in [0.2, 0.25) is 10.0 Å². The van der Waals surface area contributed by atoms with Gasteiger partial charge in [-0.05, 0) is 24.6 Å². The fraction of sp³-hybridized carbons (Fsp3) is 0.286. The van der Waals surface area contributed by atoms with Crippen LogP contribution in [0.4, 0.5) is 4.79 Å². The number of carbonyl (C=O) groups excluding carboxylic acids is 1. The van der Waals surface area contributed by atoms with Gasteiger partial charge in [-0.3, -0.25) is 5.10 Å². The van der Waals surface area contributed by atoms with Gasteiger partial charge in [-0.25, -0.2) is 4.79 Å². The van der Waals surface area contributed by atoms with E-state index in [0.29, 0.717) is 34.6 Å². The van der Waals surface area contributed by atoms with Crippen LogP contribution in [-0.2, 0) is 12.8 Å². The second-order valence-corrected chi connectivity index (χ2v) is 5.46. The molecule has 1 aromatic heterocycles. The number of amides is 2. The lowest BCUT2D eigenvalue weighted by atomic mass is 10.1. The Hall–Kier alpha value is -1.92. The molecule has 0 fully saturated rings. The van der Waals surface area contributed by atoms with Crippen LogP contribution in [0.1, 0.15) is 18.2 Å². The summed E-state index contributed by atoms with van der Waals surface area (Å²) in [7, 11) is 0. The van der Waals surface area contributed by atoms with Gasteiger partial charge in [-0.15, -0.1) is 5.10 Å². The average molecular weight is 343 g/mol. The summed E-state index contributed by atoms with van der Waals surface area (Å²) in [6, 6.07) is 4.40. The molecule has 118 valence electrons. The summed E-state index contributed by atoms with van der Waals surface area (Å²) in [6.07, 6.45) is 1.31. The first-order valence-corrected chi connectivity index (χ1v) is 7.48. The quantitative estimate of drug-likeness (QED) is 0.751. The first-order chi connectivity index (χ1) is 10.5. The summed E-state index contributed by atoms with van der Waals surface area (Å²) in [5.41, 5.74) is 6.86. The van der Waals surface area contributed by atoms with Gasteiger partial charge in [0.05, 0.1) is 0 Å². The van der Waals surface area contributed by atoms with Gasteiger partial charge in [0.1, 0.15) is 5.75 Å². The van der Waals surface area contributed by atoms with E-state index in [4.69, 9.17) is 33.7 Å². The van der Waals surface area contributed by atoms with Gasteiger partial charge in [0.15, 0.2) is 0 Å². The zero-order valence-electron chi connectivity index (χ0n) is 12.0. The van der Waals surface area contributed by atoms with E-state index in [9.17, 15) is 4.79 Å². The minimum absolute atomic E-state index is 0.424. The van der Waals surface area contributed by atoms with Crippen LogP contribution in [0.25, 0.3) is 0 Å². The van der Waals surface area contributed by atoms with E-state index >= 15 is 0 Å². The molecule has 0 aliphatic rings. The average Bonchev–Trinajstić information content (AvgIpc) is 2.79. The number of nitrogens with one attached hydrogen (secondary N) is 2. The molecular weight excluding hydrogens is 327 g/mol. The van der Waals surface area contributed by atoms with Crippen molar-refractivity contribution in [2.24, 2.45) is 5.73 Å². The van der Waals surface area contributed by atoms with Crippen molar-refractivity contribution in [3.63, 3.8) is 0 Å². The number of nitrogens with two attached hydrogens (primary N) is 1. The number of rotatable bonds is 6. The molecule has 0 aliphatic heterocycles. The number of primary amides is 1. The fourth-order valence-electron chi connectivity index (χ4n) is 2.05. The number of benzene rings is 1. The second kappa shape index (κ2) is 7.38. The number of aromatic amines is 1. The van der Waals surface area contributed by atoms with Gasteiger partial charge in [0.25, 0.3) is 0 Å². The van der Waals surface area contributed by atoms with Crippen LogP contribution in [0.5, 0.6) is 11.6 Å². The van der Waals surface area contributed by atoms with Crippen LogP contribution < -0.4 is 15.8 Å². The highest BCUT2D eigenvalue weighted by Crippen LogP contribution is 2.30. The van der Waals surface area contributed by atoms with Gasteiger partial charge in [-0.1, -0.05) is 30.1 Å². The van der Waals surface area contributed by atoms with Crippen LogP contribution in [0, 0.1) is 0 Å². The van der Waals surface area contributed by atoms with Crippen molar-refractivity contribution in [2.75, 3.05) is 6.54 Å². The van der Waals surface area contributed by atoms with Gasteiger partial charge >= 0.3 is 6.03 Å². The molecule has 0 radical (unpaired) electrons. The minimum atomic E-state index is -0.553. The summed E-state index contributed by atoms with van der Waals surface area (Å²) in [4.78, 5) is 10.7. The van der Waals surface area contributed by atoms with Gasteiger partial charge in [-0.2, -0.15) is 0 Å². The van der Waals surface area contributed by atoms with Crippen LogP contribution >= 0.6 is 23.2 Å². The van der Waals surface area contributed by atoms with Crippen molar-refractivity contribution in [2.45, 2.75) is 19.8 Å². The number of H-pyrrole nitrogens is 1. The SMILES string of the molecule is CCc1c(Oc2cc(Cl)cc(Cl)c2)n[nH]c1CCNC(N)=O. The zero-order valence-corrected chi connectivity index (χ0v) is 13.5. The third-order valence-electron chi connectivity index (χ3n) is 2.99. The lowest BCUT2D eigenvalue weighted by Crippen LogP contribution is -2.31. The number of ether oxygens (including phenoxy) is 1. The predicted molar refractivity (Wildman–Crippen MR) is 85.8 cm³/mol. The maximum absolute atomic E-state index is 10.7. The van der Waals surface area contributed by atoms with Crippen LogP contribution in [0.3, 0.4) is 0 Å². The number of hydrogen-bond acceptors (Lipinski definition) is 3. The second-order valence-electron chi connectivity index (χ2n) is 4.59. The van der Waals surface area contributed by atoms with E-state index in [0.717, 1.165) is 17.7 Å². The van der Waals surface area contributed by atoms with Gasteiger partial charge < -0.3 is 15.8 Å². The predicted octanol–water partition coefficient (Wildman–Crippen LogP) is 3.28. The van der Waals surface area contributed by atoms with E-state index in [-0.39, 0.29) is 0 Å². The molecule has 0 bridgehead atoms. The standard InChI is InChI=1S/C14H16Cl2N4O2/c1-2-11-12(3-4-18-14(17)21)19-20-13(11)22-10-6-8(15)5-9(16)7-10/h5-7H,2-4H2,1H3,(H,19,20)(H3,17,18,21). The Labute approximate surface area is 137 Å². The van der Waals surface area contributed by atoms with Crippen molar-refractivity contribution < 1.29 is 9.53 Å². The lowest BCUT2D eigenvalue weighted by Gasteiger charge is -2.06. The highest BCUT2D eigenvalue weighted by atomic mass is 35.5. The third kappa shape index (κ3) is 4.29. The Morgan fingerprint density at radius 3 is 2.64 bits per heavy atom. The molecule has 0 unspecified atom stereocenters. The number of halogens is 2. The smallest absolute Gasteiger partial charge is 0.312 e. The van der Waals surface area contributed by atoms with E-state index in [2.05, 4.69) is 15.5 Å². The van der Waals surface area contributed by atoms with Gasteiger partial charge in [0.2, 0.25) is 5.88 Å². The number of urea groups is 1. The van der Waals surface area contributed by atoms with Crippen LogP contribution in [-0.4, -0.2) is 22.8 Å². The normalized spacial score (nSPS) is 10.5. The Balaban J connectivity index is 2.14. The number of hydrogen-bond donors (Lipinski definition) is 3. The molecule has 6 nitrogen and oxygen atoms in total. The van der Waals surface area contributed by atoms with E-state index in [1.807, 2.05) is 6.92 Å². The molecule has 8 heteroatoms. The summed E-state index contributed by atoms with van der Waals surface area (Å²) < 4.78 is 5.75. The first-order valence-electron chi connectivity index (χ1n) is 6.73. The van der Waals surface area contributed by atoms with E-state index in [1.165, 1.54) is 0 Å². The number of carbonyl (C=O) groups is 1. The number of nitrogens with zero attached hydrogens (tertiary/aromatic N) is 1. The maximum Gasteiger partial charge on any atom is 0.312 e. The molecular formula is C14H16Cl2N4O2. The highest BCUT2D eigenvalue weighted by molar-refractivity contribution is 6.34. The Morgan fingerprint density at radius 2 is 2.05 bits per heavy atom. The molecule has 0 spiro atoms. The lowest BCUT2D eigenvalue weighted by molar-refractivity contribution is 0.249. The molecule has 2 aromatic rings. The molecule has 2 amide bonds. The van der Waals surface area contributed by atoms with E-state index in [1.54, 1.807) is 18.2 Å². The molecule has 2 rings (SSSR count). The number of aromatic nitrogens is 2. The largest absolute Gasteiger partial charge is 0.437 e. The Kier molecular flexibility index (Phi) is 5.51. The van der Waals surface area contributed by atoms with Crippen molar-refractivity contribution in [3.05, 3.63) is 39.5 Å². The summed E-state index contributed by atoms with van der Waals surface area (Å²) in [5.74, 6) is 0.982. The van der Waals surface area contributed by atoms with Crippen molar-refractivity contribution in [1.29, 1.82) is 0 Å². The third-order valence-corrected chi connectivity index (χ3v) is 3.43. The highest BCUT2D eigenvalue weighted by Gasteiger charge is 2.14. The van der Waals surface area contributed by atoms with Crippen molar-refractivity contribution in [3.8, 4) is 11.6 Å². The molecule has 0 saturated heterocycles.